The van der Waals surface area contributed by atoms with Crippen LogP contribution in [0.15, 0.2) is 24.3 Å². The largest absolute Gasteiger partial charge is 0.416 e. The number of likely N-dealkylation sites (tertiary alicyclic amines) is 1. The van der Waals surface area contributed by atoms with Crippen molar-refractivity contribution >= 4 is 0 Å². The summed E-state index contributed by atoms with van der Waals surface area (Å²) in [5, 5.41) is 9.24. The van der Waals surface area contributed by atoms with E-state index < -0.39 is 29.9 Å². The normalized spacial score (nSPS) is 19.8. The van der Waals surface area contributed by atoms with Gasteiger partial charge in [0.15, 0.2) is 6.10 Å². The number of rotatable bonds is 3. The lowest BCUT2D eigenvalue weighted by Crippen LogP contribution is -2.43. The van der Waals surface area contributed by atoms with Gasteiger partial charge in [-0.05, 0) is 49.5 Å². The summed E-state index contributed by atoms with van der Waals surface area (Å²) in [7, 11) is 0. The number of alkyl halides is 6. The Labute approximate surface area is 129 Å². The Hall–Kier alpha value is -1.28. The summed E-state index contributed by atoms with van der Waals surface area (Å²) in [6, 6.07) is 4.74. The van der Waals surface area contributed by atoms with Crippen molar-refractivity contribution < 1.29 is 31.4 Å². The van der Waals surface area contributed by atoms with Crippen molar-refractivity contribution in [3.8, 4) is 0 Å². The molecule has 1 atom stereocenters. The minimum atomic E-state index is -4.61. The molecule has 0 radical (unpaired) electrons. The van der Waals surface area contributed by atoms with Gasteiger partial charge in [-0.25, -0.2) is 0 Å². The zero-order valence-electron chi connectivity index (χ0n) is 12.2. The molecule has 1 aromatic rings. The van der Waals surface area contributed by atoms with E-state index in [4.69, 9.17) is 0 Å². The maximum Gasteiger partial charge on any atom is 0.416 e. The van der Waals surface area contributed by atoms with Gasteiger partial charge in [0.2, 0.25) is 0 Å². The molecule has 23 heavy (non-hydrogen) atoms. The van der Waals surface area contributed by atoms with E-state index in [1.807, 2.05) is 4.90 Å². The number of hydrogen-bond acceptors (Lipinski definition) is 2. The zero-order chi connectivity index (χ0) is 17.3. The first-order valence-corrected chi connectivity index (χ1v) is 7.20. The van der Waals surface area contributed by atoms with E-state index in [9.17, 15) is 31.4 Å². The number of piperidine rings is 1. The molecular formula is C15H17F6NO. The molecule has 2 nitrogen and oxygen atoms in total. The molecule has 1 aliphatic rings. The van der Waals surface area contributed by atoms with E-state index >= 15 is 0 Å². The summed E-state index contributed by atoms with van der Waals surface area (Å²) in [4.78, 5) is 1.88. The minimum absolute atomic E-state index is 0.210. The van der Waals surface area contributed by atoms with Crippen molar-refractivity contribution in [2.45, 2.75) is 37.8 Å². The Morgan fingerprint density at radius 3 is 1.96 bits per heavy atom. The number of nitrogens with zero attached hydrogens (tertiary/aromatic N) is 1. The van der Waals surface area contributed by atoms with Crippen LogP contribution in [-0.2, 0) is 12.7 Å². The Morgan fingerprint density at radius 2 is 1.52 bits per heavy atom. The lowest BCUT2D eigenvalue weighted by Gasteiger charge is -2.34. The second-order valence-corrected chi connectivity index (χ2v) is 5.79. The van der Waals surface area contributed by atoms with Crippen LogP contribution >= 0.6 is 0 Å². The highest BCUT2D eigenvalue weighted by Crippen LogP contribution is 2.32. The first-order chi connectivity index (χ1) is 10.6. The monoisotopic (exact) mass is 341 g/mol. The van der Waals surface area contributed by atoms with Gasteiger partial charge in [0.1, 0.15) is 0 Å². The molecule has 0 spiro atoms. The van der Waals surface area contributed by atoms with Gasteiger partial charge in [0.05, 0.1) is 5.56 Å². The van der Waals surface area contributed by atoms with Gasteiger partial charge in [0.25, 0.3) is 0 Å². The molecule has 1 N–H and O–H groups in total. The second kappa shape index (κ2) is 6.68. The Kier molecular flexibility index (Phi) is 5.25. The first-order valence-electron chi connectivity index (χ1n) is 7.20. The van der Waals surface area contributed by atoms with E-state index in [1.165, 1.54) is 12.1 Å². The van der Waals surface area contributed by atoms with Gasteiger partial charge >= 0.3 is 12.4 Å². The van der Waals surface area contributed by atoms with E-state index in [2.05, 4.69) is 0 Å². The molecule has 0 amide bonds. The van der Waals surface area contributed by atoms with Crippen LogP contribution in [0.25, 0.3) is 0 Å². The Morgan fingerprint density at radius 1 is 1.00 bits per heavy atom. The van der Waals surface area contributed by atoms with Gasteiger partial charge < -0.3 is 5.11 Å². The number of hydrogen-bond donors (Lipinski definition) is 1. The van der Waals surface area contributed by atoms with Gasteiger partial charge in [-0.3, -0.25) is 4.90 Å². The van der Waals surface area contributed by atoms with Gasteiger partial charge in [-0.1, -0.05) is 12.1 Å². The number of aliphatic hydroxyl groups excluding tert-OH is 1. The van der Waals surface area contributed by atoms with E-state index in [0.29, 0.717) is 25.2 Å². The molecule has 0 aliphatic carbocycles. The number of halogens is 6. The van der Waals surface area contributed by atoms with Crippen molar-refractivity contribution in [3.05, 3.63) is 35.4 Å². The molecule has 0 saturated carbocycles. The van der Waals surface area contributed by atoms with Crippen molar-refractivity contribution in [1.82, 2.24) is 4.90 Å². The molecule has 1 fully saturated rings. The molecule has 8 heteroatoms. The average Bonchev–Trinajstić information content (AvgIpc) is 2.46. The highest BCUT2D eigenvalue weighted by atomic mass is 19.4. The molecular weight excluding hydrogens is 324 g/mol. The topological polar surface area (TPSA) is 23.5 Å². The van der Waals surface area contributed by atoms with Crippen molar-refractivity contribution in [2.24, 2.45) is 5.92 Å². The van der Waals surface area contributed by atoms with Crippen LogP contribution in [-0.4, -0.2) is 35.4 Å². The molecule has 0 bridgehead atoms. The lowest BCUT2D eigenvalue weighted by atomic mass is 9.90. The van der Waals surface area contributed by atoms with E-state index in [0.717, 1.165) is 12.1 Å². The highest BCUT2D eigenvalue weighted by Gasteiger charge is 2.44. The standard InChI is InChI=1S/C15H17F6NO/c16-14(17,18)12-3-1-10(2-4-12)9-22-7-5-11(6-8-22)13(23)15(19,20)21/h1-4,11,13,23H,5-9H2. The predicted molar refractivity (Wildman–Crippen MR) is 71.5 cm³/mol. The maximum absolute atomic E-state index is 12.5. The summed E-state index contributed by atoms with van der Waals surface area (Å²) in [6.07, 6.45) is -10.9. The average molecular weight is 341 g/mol. The van der Waals surface area contributed by atoms with E-state index in [1.54, 1.807) is 0 Å². The Bertz CT molecular complexity index is 502. The number of aliphatic hydroxyl groups is 1. The molecule has 1 saturated heterocycles. The molecule has 130 valence electrons. The SMILES string of the molecule is OC(C1CCN(Cc2ccc(C(F)(F)F)cc2)CC1)C(F)(F)F. The second-order valence-electron chi connectivity index (χ2n) is 5.79. The van der Waals surface area contributed by atoms with Crippen LogP contribution in [0, 0.1) is 5.92 Å². The van der Waals surface area contributed by atoms with Gasteiger partial charge in [-0.2, -0.15) is 26.3 Å². The van der Waals surface area contributed by atoms with E-state index in [-0.39, 0.29) is 12.8 Å². The number of benzene rings is 1. The third kappa shape index (κ3) is 4.84. The quantitative estimate of drug-likeness (QED) is 0.845. The molecule has 0 aromatic heterocycles. The fraction of sp³-hybridized carbons (Fsp3) is 0.600. The smallest absolute Gasteiger partial charge is 0.383 e. The third-order valence-electron chi connectivity index (χ3n) is 4.10. The van der Waals surface area contributed by atoms with Crippen LogP contribution in [0.1, 0.15) is 24.0 Å². The fourth-order valence-corrected chi connectivity index (χ4v) is 2.75. The Balaban J connectivity index is 1.87. The van der Waals surface area contributed by atoms with Crippen molar-refractivity contribution in [3.63, 3.8) is 0 Å². The third-order valence-corrected chi connectivity index (χ3v) is 4.10. The maximum atomic E-state index is 12.5. The summed E-state index contributed by atoms with van der Waals surface area (Å²) >= 11 is 0. The highest BCUT2D eigenvalue weighted by molar-refractivity contribution is 5.24. The van der Waals surface area contributed by atoms with Gasteiger partial charge in [0, 0.05) is 6.54 Å². The van der Waals surface area contributed by atoms with Crippen molar-refractivity contribution in [2.75, 3.05) is 13.1 Å². The molecule has 2 rings (SSSR count). The summed E-state index contributed by atoms with van der Waals surface area (Å²) < 4.78 is 74.8. The van der Waals surface area contributed by atoms with Crippen LogP contribution in [0.3, 0.4) is 0 Å². The van der Waals surface area contributed by atoms with Crippen LogP contribution in [0.5, 0.6) is 0 Å². The van der Waals surface area contributed by atoms with Crippen molar-refractivity contribution in [1.29, 1.82) is 0 Å². The van der Waals surface area contributed by atoms with Crippen LogP contribution in [0.4, 0.5) is 26.3 Å². The lowest BCUT2D eigenvalue weighted by molar-refractivity contribution is -0.223. The fourth-order valence-electron chi connectivity index (χ4n) is 2.75. The predicted octanol–water partition coefficient (Wildman–Crippen LogP) is 3.84. The molecule has 1 unspecified atom stereocenters. The summed E-state index contributed by atoms with van der Waals surface area (Å²) in [5.74, 6) is -0.821. The van der Waals surface area contributed by atoms with Gasteiger partial charge in [-0.15, -0.1) is 0 Å². The molecule has 1 aromatic carbocycles. The summed E-state index contributed by atoms with van der Waals surface area (Å²) in [6.45, 7) is 1.13. The van der Waals surface area contributed by atoms with Crippen LogP contribution < -0.4 is 0 Å². The van der Waals surface area contributed by atoms with Crippen LogP contribution in [0.2, 0.25) is 0 Å². The zero-order valence-corrected chi connectivity index (χ0v) is 12.2. The summed E-state index contributed by atoms with van der Waals surface area (Å²) in [5.41, 5.74) is -0.0546. The first kappa shape index (κ1) is 18.1. The molecule has 1 aliphatic heterocycles. The minimum Gasteiger partial charge on any atom is -0.383 e. The molecule has 1 heterocycles.